The van der Waals surface area contributed by atoms with E-state index < -0.39 is 59.6 Å². The Balaban J connectivity index is 1.78. The number of carbonyl (C=O) groups excluding carboxylic acids is 5. The standard InChI is InChI=1S/C29H30N2O11S2/c1-15(32)38-14-23-24(39-16(2)33)25(40-17(3)34)26(41-18(4)35)28(42-23)44-29-30-22(13-21-7-6-12-43-21)27(36)31(29)19-8-10-20(37-5)11-9-19/h6-13,23-26,28H,14H2,1-5H3/b22-13-/t23-,24-,25+,26-,28+/m1/s1. The van der Waals surface area contributed by atoms with E-state index in [1.165, 1.54) is 30.3 Å². The van der Waals surface area contributed by atoms with Crippen LogP contribution >= 0.6 is 23.1 Å². The summed E-state index contributed by atoms with van der Waals surface area (Å²) in [5.74, 6) is -2.73. The van der Waals surface area contributed by atoms with Crippen LogP contribution in [0.1, 0.15) is 32.6 Å². The van der Waals surface area contributed by atoms with Gasteiger partial charge in [0.15, 0.2) is 28.9 Å². The number of ether oxygens (including phenoxy) is 6. The molecule has 0 aliphatic carbocycles. The highest BCUT2D eigenvalue weighted by atomic mass is 32.2. The second-order valence-electron chi connectivity index (χ2n) is 9.46. The van der Waals surface area contributed by atoms with Crippen molar-refractivity contribution in [2.24, 2.45) is 4.99 Å². The van der Waals surface area contributed by atoms with Gasteiger partial charge in [0.05, 0.1) is 12.8 Å². The highest BCUT2D eigenvalue weighted by Crippen LogP contribution is 2.39. The van der Waals surface area contributed by atoms with Crippen LogP contribution in [-0.4, -0.2) is 78.5 Å². The van der Waals surface area contributed by atoms with Crippen LogP contribution < -0.4 is 9.64 Å². The van der Waals surface area contributed by atoms with Crippen molar-refractivity contribution in [1.29, 1.82) is 0 Å². The molecule has 0 spiro atoms. The predicted octanol–water partition coefficient (Wildman–Crippen LogP) is 3.32. The molecular formula is C29H30N2O11S2. The second kappa shape index (κ2) is 14.5. The molecule has 0 N–H and O–H groups in total. The molecule has 2 aliphatic rings. The highest BCUT2D eigenvalue weighted by molar-refractivity contribution is 8.14. The van der Waals surface area contributed by atoms with Gasteiger partial charge in [0.1, 0.15) is 24.2 Å². The fourth-order valence-corrected chi connectivity index (χ4v) is 6.28. The molecule has 0 saturated carbocycles. The zero-order valence-electron chi connectivity index (χ0n) is 24.4. The van der Waals surface area contributed by atoms with Crippen LogP contribution in [-0.2, 0) is 47.7 Å². The van der Waals surface area contributed by atoms with Crippen LogP contribution in [0.2, 0.25) is 0 Å². The van der Waals surface area contributed by atoms with Crippen LogP contribution in [0.3, 0.4) is 0 Å². The lowest BCUT2D eigenvalue weighted by Gasteiger charge is -2.44. The first-order chi connectivity index (χ1) is 21.0. The number of hydrogen-bond donors (Lipinski definition) is 0. The lowest BCUT2D eigenvalue weighted by molar-refractivity contribution is -0.237. The van der Waals surface area contributed by atoms with Gasteiger partial charge in [0.2, 0.25) is 0 Å². The summed E-state index contributed by atoms with van der Waals surface area (Å²) in [5.41, 5.74) is -0.581. The minimum absolute atomic E-state index is 0.136. The number of carbonyl (C=O) groups is 5. The number of esters is 4. The van der Waals surface area contributed by atoms with E-state index in [9.17, 15) is 24.0 Å². The number of nitrogens with zero attached hydrogens (tertiary/aromatic N) is 2. The third kappa shape index (κ3) is 8.03. The summed E-state index contributed by atoms with van der Waals surface area (Å²) in [6.07, 6.45) is -3.51. The Kier molecular flexibility index (Phi) is 10.8. The van der Waals surface area contributed by atoms with Crippen molar-refractivity contribution in [2.75, 3.05) is 18.6 Å². The Bertz CT molecular complexity index is 1460. The number of amidine groups is 1. The van der Waals surface area contributed by atoms with Crippen molar-refractivity contribution in [1.82, 2.24) is 0 Å². The predicted molar refractivity (Wildman–Crippen MR) is 160 cm³/mol. The molecule has 2 aromatic rings. The molecule has 0 radical (unpaired) electrons. The monoisotopic (exact) mass is 646 g/mol. The van der Waals surface area contributed by atoms with Crippen LogP contribution in [0.25, 0.3) is 6.08 Å². The number of thioether (sulfide) groups is 1. The second-order valence-corrected chi connectivity index (χ2v) is 11.5. The number of anilines is 1. The summed E-state index contributed by atoms with van der Waals surface area (Å²) in [4.78, 5) is 68.6. The number of rotatable bonds is 9. The fraction of sp³-hybridized carbons (Fsp3) is 0.379. The summed E-state index contributed by atoms with van der Waals surface area (Å²) in [6.45, 7) is 4.24. The van der Waals surface area contributed by atoms with Crippen LogP contribution in [0.15, 0.2) is 52.5 Å². The van der Waals surface area contributed by atoms with Crippen LogP contribution in [0.4, 0.5) is 5.69 Å². The van der Waals surface area contributed by atoms with Crippen LogP contribution in [0, 0.1) is 0 Å². The van der Waals surface area contributed by atoms with Gasteiger partial charge in [0.25, 0.3) is 5.91 Å². The number of amides is 1. The fourth-order valence-electron chi connectivity index (χ4n) is 4.43. The quantitative estimate of drug-likeness (QED) is 0.223. The van der Waals surface area contributed by atoms with Gasteiger partial charge in [-0.25, -0.2) is 4.99 Å². The molecule has 44 heavy (non-hydrogen) atoms. The van der Waals surface area contributed by atoms with E-state index in [1.54, 1.807) is 30.3 Å². The molecule has 1 saturated heterocycles. The molecular weight excluding hydrogens is 616 g/mol. The van der Waals surface area contributed by atoms with Gasteiger partial charge in [-0.3, -0.25) is 28.9 Å². The zero-order chi connectivity index (χ0) is 32.0. The minimum atomic E-state index is -1.36. The molecule has 234 valence electrons. The molecule has 0 unspecified atom stereocenters. The first-order valence-corrected chi connectivity index (χ1v) is 15.0. The molecule has 2 aliphatic heterocycles. The lowest BCUT2D eigenvalue weighted by Crippen LogP contribution is -2.61. The average molecular weight is 647 g/mol. The van der Waals surface area contributed by atoms with E-state index in [-0.39, 0.29) is 17.5 Å². The number of thiophene rings is 1. The van der Waals surface area contributed by atoms with Gasteiger partial charge in [-0.1, -0.05) is 17.8 Å². The molecule has 1 fully saturated rings. The third-order valence-electron chi connectivity index (χ3n) is 6.15. The van der Waals surface area contributed by atoms with Gasteiger partial charge in [-0.2, -0.15) is 0 Å². The molecule has 1 aromatic carbocycles. The molecule has 3 heterocycles. The largest absolute Gasteiger partial charge is 0.497 e. The molecule has 1 amide bonds. The smallest absolute Gasteiger partial charge is 0.303 e. The van der Waals surface area contributed by atoms with Crippen molar-refractivity contribution >= 4 is 69.8 Å². The summed E-state index contributed by atoms with van der Waals surface area (Å²) in [7, 11) is 1.52. The van der Waals surface area contributed by atoms with Crippen LogP contribution in [0.5, 0.6) is 5.75 Å². The van der Waals surface area contributed by atoms with Gasteiger partial charge in [-0.15, -0.1) is 11.3 Å². The third-order valence-corrected chi connectivity index (χ3v) is 8.07. The number of aliphatic imine (C=N–C) groups is 1. The number of benzene rings is 1. The molecule has 15 heteroatoms. The molecule has 5 atom stereocenters. The maximum atomic E-state index is 13.7. The van der Waals surface area contributed by atoms with Crippen molar-refractivity contribution in [3.05, 3.63) is 52.4 Å². The summed E-state index contributed by atoms with van der Waals surface area (Å²) in [6, 6.07) is 10.4. The van der Waals surface area contributed by atoms with Gasteiger partial charge in [-0.05, 0) is 41.8 Å². The van der Waals surface area contributed by atoms with Gasteiger partial charge in [0, 0.05) is 32.6 Å². The average Bonchev–Trinajstić information content (AvgIpc) is 3.58. The SMILES string of the molecule is COc1ccc(N2C(=O)/C(=C/c3cccs3)N=C2S[C@@H]2O[C@H](COC(C)=O)[C@@H](OC(C)=O)[C@H](OC(C)=O)[C@H]2OC(C)=O)cc1. The normalized spacial score (nSPS) is 24.0. The Morgan fingerprint density at radius 3 is 2.14 bits per heavy atom. The Hall–Kier alpha value is -4.21. The van der Waals surface area contributed by atoms with E-state index in [4.69, 9.17) is 28.4 Å². The Labute approximate surface area is 261 Å². The summed E-state index contributed by atoms with van der Waals surface area (Å²) >= 11 is 2.34. The maximum absolute atomic E-state index is 13.7. The van der Waals surface area contributed by atoms with E-state index in [2.05, 4.69) is 4.99 Å². The Morgan fingerprint density at radius 1 is 0.932 bits per heavy atom. The number of methoxy groups -OCH3 is 1. The van der Waals surface area contributed by atoms with Gasteiger partial charge >= 0.3 is 23.9 Å². The van der Waals surface area contributed by atoms with E-state index >= 15 is 0 Å². The highest BCUT2D eigenvalue weighted by Gasteiger charge is 2.53. The van der Waals surface area contributed by atoms with Gasteiger partial charge < -0.3 is 28.4 Å². The topological polar surface area (TPSA) is 156 Å². The van der Waals surface area contributed by atoms with Crippen molar-refractivity contribution < 1.29 is 52.4 Å². The van der Waals surface area contributed by atoms with Crippen molar-refractivity contribution in [3.8, 4) is 5.75 Å². The number of hydrogen-bond acceptors (Lipinski definition) is 14. The zero-order valence-corrected chi connectivity index (χ0v) is 26.0. The van der Waals surface area contributed by atoms with E-state index in [0.29, 0.717) is 11.4 Å². The summed E-state index contributed by atoms with van der Waals surface area (Å²) in [5, 5.41) is 2.02. The summed E-state index contributed by atoms with van der Waals surface area (Å²) < 4.78 is 33.2. The molecule has 4 rings (SSSR count). The molecule has 13 nitrogen and oxygen atoms in total. The first-order valence-electron chi connectivity index (χ1n) is 13.3. The molecule has 0 bridgehead atoms. The van der Waals surface area contributed by atoms with Crippen molar-refractivity contribution in [2.45, 2.75) is 57.5 Å². The maximum Gasteiger partial charge on any atom is 0.303 e. The first kappa shape index (κ1) is 32.7. The minimum Gasteiger partial charge on any atom is -0.497 e. The van der Waals surface area contributed by atoms with E-state index in [0.717, 1.165) is 37.4 Å². The lowest BCUT2D eigenvalue weighted by atomic mass is 9.99. The van der Waals surface area contributed by atoms with Crippen molar-refractivity contribution in [3.63, 3.8) is 0 Å². The molecule has 1 aromatic heterocycles. The Morgan fingerprint density at radius 2 is 1.57 bits per heavy atom. The van der Waals surface area contributed by atoms with E-state index in [1.807, 2.05) is 17.5 Å².